The van der Waals surface area contributed by atoms with E-state index >= 15 is 0 Å². The number of hydrogen-bond acceptors (Lipinski definition) is 8. The van der Waals surface area contributed by atoms with Crippen LogP contribution in [0.15, 0.2) is 29.3 Å². The highest BCUT2D eigenvalue weighted by Crippen LogP contribution is 2.37. The van der Waals surface area contributed by atoms with Crippen LogP contribution in [0.2, 0.25) is 0 Å². The number of ether oxygens (including phenoxy) is 2. The maximum atomic E-state index is 9.80. The highest BCUT2D eigenvalue weighted by molar-refractivity contribution is 7.99. The number of hydrogen-bond donors (Lipinski definition) is 2. The predicted octanol–water partition coefficient (Wildman–Crippen LogP) is 2.72. The van der Waals surface area contributed by atoms with Gasteiger partial charge in [-0.2, -0.15) is 10.5 Å². The lowest BCUT2D eigenvalue weighted by Gasteiger charge is -2.14. The van der Waals surface area contributed by atoms with Crippen molar-refractivity contribution >= 4 is 17.6 Å². The zero-order valence-electron chi connectivity index (χ0n) is 15.2. The molecular formula is C20H20N4O3S. The van der Waals surface area contributed by atoms with Gasteiger partial charge in [-0.05, 0) is 30.5 Å². The van der Waals surface area contributed by atoms with Gasteiger partial charge < -0.3 is 20.3 Å². The first-order valence-corrected chi connectivity index (χ1v) is 9.88. The number of pyridine rings is 1. The molecule has 3 rings (SSSR count). The molecule has 1 aliphatic rings. The Kier molecular flexibility index (Phi) is 6.72. The molecule has 144 valence electrons. The van der Waals surface area contributed by atoms with E-state index in [0.717, 1.165) is 19.4 Å². The summed E-state index contributed by atoms with van der Waals surface area (Å²) in [4.78, 5) is 4.31. The van der Waals surface area contributed by atoms with Crippen molar-refractivity contribution in [2.45, 2.75) is 24.0 Å². The number of aromatic nitrogens is 1. The number of rotatable bonds is 7. The minimum Gasteiger partial charge on any atom is -0.491 e. The highest BCUT2D eigenvalue weighted by Gasteiger charge is 2.22. The van der Waals surface area contributed by atoms with Crippen LogP contribution in [0.5, 0.6) is 5.75 Å². The quantitative estimate of drug-likeness (QED) is 0.684. The maximum absolute atomic E-state index is 9.80. The van der Waals surface area contributed by atoms with Crippen LogP contribution >= 0.6 is 11.8 Å². The van der Waals surface area contributed by atoms with Gasteiger partial charge in [0.1, 0.15) is 40.9 Å². The number of nitrogens with two attached hydrogens (primary N) is 1. The summed E-state index contributed by atoms with van der Waals surface area (Å²) in [5.41, 5.74) is 7.70. The van der Waals surface area contributed by atoms with Crippen molar-refractivity contribution < 1.29 is 14.6 Å². The molecule has 7 nitrogen and oxygen atoms in total. The van der Waals surface area contributed by atoms with E-state index in [9.17, 15) is 10.5 Å². The summed E-state index contributed by atoms with van der Waals surface area (Å²) in [6.07, 6.45) is 2.17. The molecule has 3 N–H and O–H groups in total. The Hall–Kier alpha value is -2.78. The molecule has 0 radical (unpaired) electrons. The first kappa shape index (κ1) is 20.0. The Balaban J connectivity index is 1.98. The smallest absolute Gasteiger partial charge is 0.143 e. The van der Waals surface area contributed by atoms with E-state index in [0.29, 0.717) is 33.2 Å². The molecule has 8 heteroatoms. The van der Waals surface area contributed by atoms with Crippen LogP contribution in [-0.2, 0) is 4.74 Å². The summed E-state index contributed by atoms with van der Waals surface area (Å²) in [5.74, 6) is 1.37. The molecule has 28 heavy (non-hydrogen) atoms. The second-order valence-electron chi connectivity index (χ2n) is 6.19. The molecule has 0 spiro atoms. The van der Waals surface area contributed by atoms with Gasteiger partial charge in [0.15, 0.2) is 0 Å². The van der Waals surface area contributed by atoms with Crippen LogP contribution in [0.3, 0.4) is 0 Å². The fourth-order valence-electron chi connectivity index (χ4n) is 3.02. The Morgan fingerprint density at radius 3 is 2.61 bits per heavy atom. The van der Waals surface area contributed by atoms with Crippen molar-refractivity contribution in [3.8, 4) is 29.0 Å². The summed E-state index contributed by atoms with van der Waals surface area (Å²) in [5, 5.41) is 28.7. The number of anilines is 1. The topological polar surface area (TPSA) is 125 Å². The minimum absolute atomic E-state index is 0.0783. The maximum Gasteiger partial charge on any atom is 0.143 e. The zero-order chi connectivity index (χ0) is 19.9. The van der Waals surface area contributed by atoms with Gasteiger partial charge in [-0.1, -0.05) is 12.1 Å². The first-order valence-electron chi connectivity index (χ1n) is 8.90. The van der Waals surface area contributed by atoms with Crippen LogP contribution in [0.1, 0.15) is 24.0 Å². The van der Waals surface area contributed by atoms with Crippen molar-refractivity contribution in [1.82, 2.24) is 4.98 Å². The third-order valence-electron chi connectivity index (χ3n) is 4.35. The first-order chi connectivity index (χ1) is 13.7. The van der Waals surface area contributed by atoms with Crippen LogP contribution in [0.25, 0.3) is 11.1 Å². The van der Waals surface area contributed by atoms with E-state index in [1.165, 1.54) is 11.8 Å². The molecule has 0 saturated carbocycles. The number of nitriles is 2. The lowest BCUT2D eigenvalue weighted by Crippen LogP contribution is -2.09. The van der Waals surface area contributed by atoms with Crippen molar-refractivity contribution in [1.29, 1.82) is 10.5 Å². The monoisotopic (exact) mass is 396 g/mol. The number of aliphatic hydroxyl groups excluding tert-OH is 1. The number of aliphatic hydroxyl groups is 1. The molecule has 1 saturated heterocycles. The van der Waals surface area contributed by atoms with Gasteiger partial charge in [0.2, 0.25) is 0 Å². The van der Waals surface area contributed by atoms with Crippen molar-refractivity contribution in [2.75, 3.05) is 31.3 Å². The molecule has 1 atom stereocenters. The van der Waals surface area contributed by atoms with Gasteiger partial charge in [-0.15, -0.1) is 11.8 Å². The Morgan fingerprint density at radius 2 is 2.00 bits per heavy atom. The molecule has 1 fully saturated rings. The summed E-state index contributed by atoms with van der Waals surface area (Å²) in [6, 6.07) is 11.2. The van der Waals surface area contributed by atoms with Crippen LogP contribution in [0, 0.1) is 22.7 Å². The average Bonchev–Trinajstić information content (AvgIpc) is 3.24. The molecule has 0 bridgehead atoms. The molecule has 1 unspecified atom stereocenters. The molecule has 0 amide bonds. The van der Waals surface area contributed by atoms with E-state index in [1.807, 2.05) is 0 Å². The van der Waals surface area contributed by atoms with E-state index in [2.05, 4.69) is 17.1 Å². The number of nitrogens with zero attached hydrogens (tertiary/aromatic N) is 3. The molecule has 1 aliphatic heterocycles. The SMILES string of the molecule is N#Cc1c(N)nc(SCC2CCCO2)c(C#N)c1-c1ccc(OCCO)cc1. The van der Waals surface area contributed by atoms with Crippen LogP contribution < -0.4 is 10.5 Å². The van der Waals surface area contributed by atoms with Gasteiger partial charge in [0.05, 0.1) is 18.3 Å². The number of nitrogen functional groups attached to an aromatic ring is 1. The summed E-state index contributed by atoms with van der Waals surface area (Å²) in [7, 11) is 0. The summed E-state index contributed by atoms with van der Waals surface area (Å²) in [6.45, 7) is 0.874. The highest BCUT2D eigenvalue weighted by atomic mass is 32.2. The Labute approximate surface area is 167 Å². The molecule has 0 aliphatic carbocycles. The largest absolute Gasteiger partial charge is 0.491 e. The van der Waals surface area contributed by atoms with Gasteiger partial charge in [0, 0.05) is 17.9 Å². The molecule has 1 aromatic carbocycles. The average molecular weight is 396 g/mol. The zero-order valence-corrected chi connectivity index (χ0v) is 16.0. The lowest BCUT2D eigenvalue weighted by atomic mass is 9.97. The predicted molar refractivity (Wildman–Crippen MR) is 106 cm³/mol. The minimum atomic E-state index is -0.0783. The standard InChI is InChI=1S/C20H20N4O3S/c21-10-16-18(13-3-5-14(6-4-13)27-9-7-25)17(11-22)20(24-19(16)23)28-12-15-2-1-8-26-15/h3-6,15,25H,1-2,7-9,12H2,(H2,23,24). The second-order valence-corrected chi connectivity index (χ2v) is 7.20. The van der Waals surface area contributed by atoms with E-state index in [1.54, 1.807) is 24.3 Å². The number of benzene rings is 1. The second kappa shape index (κ2) is 9.43. The fraction of sp³-hybridized carbons (Fsp3) is 0.350. The Morgan fingerprint density at radius 1 is 1.25 bits per heavy atom. The summed E-state index contributed by atoms with van der Waals surface area (Å²) < 4.78 is 11.0. The van der Waals surface area contributed by atoms with E-state index in [-0.39, 0.29) is 30.7 Å². The normalized spacial score (nSPS) is 15.8. The van der Waals surface area contributed by atoms with Gasteiger partial charge in [-0.25, -0.2) is 4.98 Å². The van der Waals surface area contributed by atoms with Crippen molar-refractivity contribution in [2.24, 2.45) is 0 Å². The number of thioether (sulfide) groups is 1. The van der Waals surface area contributed by atoms with Crippen molar-refractivity contribution in [3.63, 3.8) is 0 Å². The molecular weight excluding hydrogens is 376 g/mol. The van der Waals surface area contributed by atoms with Crippen LogP contribution in [-0.4, -0.2) is 41.8 Å². The van der Waals surface area contributed by atoms with Gasteiger partial charge in [0.25, 0.3) is 0 Å². The third-order valence-corrected chi connectivity index (χ3v) is 5.46. The molecule has 1 aromatic heterocycles. The van der Waals surface area contributed by atoms with E-state index < -0.39 is 0 Å². The van der Waals surface area contributed by atoms with Gasteiger partial charge >= 0.3 is 0 Å². The van der Waals surface area contributed by atoms with E-state index in [4.69, 9.17) is 20.3 Å². The fourth-order valence-corrected chi connectivity index (χ4v) is 4.08. The Bertz CT molecular complexity index is 913. The van der Waals surface area contributed by atoms with Crippen LogP contribution in [0.4, 0.5) is 5.82 Å². The summed E-state index contributed by atoms with van der Waals surface area (Å²) >= 11 is 1.42. The lowest BCUT2D eigenvalue weighted by molar-refractivity contribution is 0.129. The molecule has 2 heterocycles. The third kappa shape index (κ3) is 4.37. The molecule has 2 aromatic rings. The van der Waals surface area contributed by atoms with Gasteiger partial charge in [-0.3, -0.25) is 0 Å². The van der Waals surface area contributed by atoms with Crippen molar-refractivity contribution in [3.05, 3.63) is 35.4 Å².